The topological polar surface area (TPSA) is 113 Å². The van der Waals surface area contributed by atoms with E-state index in [2.05, 4.69) is 14.9 Å². The number of ether oxygens (including phenoxy) is 1. The first-order chi connectivity index (χ1) is 22.2. The molecule has 1 fully saturated rings. The molecule has 1 aromatic heterocycles. The number of hydroxylamine groups is 2. The highest BCUT2D eigenvalue weighted by atomic mass is 19.4. The molecule has 2 N–H and O–H groups in total. The number of likely N-dealkylation sites (tertiary alicyclic amines) is 1. The van der Waals surface area contributed by atoms with Gasteiger partial charge < -0.3 is 29.5 Å². The summed E-state index contributed by atoms with van der Waals surface area (Å²) in [5, 5.41) is 12.9. The average molecular weight is 669 g/mol. The summed E-state index contributed by atoms with van der Waals surface area (Å²) < 4.78 is 84.1. The molecule has 1 saturated heterocycles. The van der Waals surface area contributed by atoms with Gasteiger partial charge in [0.2, 0.25) is 0 Å². The Morgan fingerprint density at radius 1 is 1.00 bits per heavy atom. The van der Waals surface area contributed by atoms with Crippen LogP contribution in [0.25, 0.3) is 22.4 Å². The number of alkyl halides is 6. The van der Waals surface area contributed by atoms with Crippen LogP contribution in [0.4, 0.5) is 26.3 Å². The zero-order valence-corrected chi connectivity index (χ0v) is 24.9. The van der Waals surface area contributed by atoms with Gasteiger partial charge >= 0.3 is 18.5 Å². The van der Waals surface area contributed by atoms with E-state index in [0.29, 0.717) is 35.0 Å². The van der Waals surface area contributed by atoms with Crippen molar-refractivity contribution >= 4 is 17.8 Å². The molecule has 0 bridgehead atoms. The highest BCUT2D eigenvalue weighted by Crippen LogP contribution is 2.41. The van der Waals surface area contributed by atoms with Crippen molar-refractivity contribution < 1.29 is 55.4 Å². The molecule has 1 atom stereocenters. The van der Waals surface area contributed by atoms with E-state index < -0.39 is 48.2 Å². The van der Waals surface area contributed by atoms with Crippen molar-refractivity contribution in [3.63, 3.8) is 0 Å². The number of benzene rings is 2. The van der Waals surface area contributed by atoms with Crippen LogP contribution in [0.15, 0.2) is 54.6 Å². The number of hydrogen-bond donors (Lipinski definition) is 2. The monoisotopic (exact) mass is 668 g/mol. The van der Waals surface area contributed by atoms with E-state index >= 15 is 0 Å². The van der Waals surface area contributed by atoms with Gasteiger partial charge in [0.05, 0.1) is 17.8 Å². The average Bonchev–Trinajstić information content (AvgIpc) is 3.42. The largest absolute Gasteiger partial charge is 0.573 e. The van der Waals surface area contributed by atoms with E-state index in [0.717, 1.165) is 12.1 Å². The van der Waals surface area contributed by atoms with Gasteiger partial charge in [-0.2, -0.15) is 18.2 Å². The first-order valence-corrected chi connectivity index (χ1v) is 14.6. The van der Waals surface area contributed by atoms with Crippen LogP contribution in [0.3, 0.4) is 0 Å². The third-order valence-corrected chi connectivity index (χ3v) is 8.01. The van der Waals surface area contributed by atoms with Gasteiger partial charge in [-0.15, -0.1) is 13.2 Å². The molecule has 0 spiro atoms. The second-order valence-electron chi connectivity index (χ2n) is 11.2. The molecule has 47 heavy (non-hydrogen) atoms. The van der Waals surface area contributed by atoms with E-state index in [1.165, 1.54) is 42.5 Å². The van der Waals surface area contributed by atoms with Gasteiger partial charge in [0.1, 0.15) is 11.4 Å². The molecule has 3 aromatic rings. The van der Waals surface area contributed by atoms with Gasteiger partial charge in [0.15, 0.2) is 0 Å². The standard InChI is InChI=1S/C31H30F6N4O6/c1-39-12-9-21(10-13-39)41(47-29(45)30(32,33)34)28(44)19-7-5-18(6-8-19)26-24(20-3-2-4-23(15-20)46-31(35,36)37)16-25-27(43)38-17-22(11-14-42)40(25)26/h2-8,15-16,21-22,42H,9-14,17H2,1H3,(H,38,43). The fourth-order valence-electron chi connectivity index (χ4n) is 5.78. The Balaban J connectivity index is 1.56. The van der Waals surface area contributed by atoms with Crippen molar-refractivity contribution in [2.75, 3.05) is 33.3 Å². The van der Waals surface area contributed by atoms with Crippen LogP contribution in [0, 0.1) is 0 Å². The minimum atomic E-state index is -5.34. The van der Waals surface area contributed by atoms with Gasteiger partial charge in [-0.25, -0.2) is 4.79 Å². The van der Waals surface area contributed by atoms with Crippen molar-refractivity contribution in [3.05, 3.63) is 65.9 Å². The Hall–Kier alpha value is -4.57. The molecule has 5 rings (SSSR count). The molecule has 3 heterocycles. The molecule has 1 unspecified atom stereocenters. The number of amides is 2. The van der Waals surface area contributed by atoms with Gasteiger partial charge in [-0.05, 0) is 80.9 Å². The molecule has 0 saturated carbocycles. The predicted octanol–water partition coefficient (Wildman–Crippen LogP) is 4.94. The molecular formula is C31H30F6N4O6. The van der Waals surface area contributed by atoms with E-state index in [-0.39, 0.29) is 49.2 Å². The smallest absolute Gasteiger partial charge is 0.406 e. The molecule has 2 aliphatic heterocycles. The van der Waals surface area contributed by atoms with Crippen molar-refractivity contribution in [1.82, 2.24) is 19.8 Å². The molecule has 10 nitrogen and oxygen atoms in total. The number of rotatable bonds is 7. The summed E-state index contributed by atoms with van der Waals surface area (Å²) in [6, 6.07) is 11.0. The quantitative estimate of drug-likeness (QED) is 0.271. The minimum Gasteiger partial charge on any atom is -0.406 e. The molecule has 2 aliphatic rings. The van der Waals surface area contributed by atoms with Crippen LogP contribution < -0.4 is 10.1 Å². The molecule has 16 heteroatoms. The van der Waals surface area contributed by atoms with Gasteiger partial charge in [0, 0.05) is 24.3 Å². The van der Waals surface area contributed by atoms with Gasteiger partial charge in [-0.1, -0.05) is 24.3 Å². The Morgan fingerprint density at radius 3 is 2.30 bits per heavy atom. The van der Waals surface area contributed by atoms with E-state index in [9.17, 15) is 45.8 Å². The number of nitrogens with zero attached hydrogens (tertiary/aromatic N) is 3. The van der Waals surface area contributed by atoms with Crippen LogP contribution in [0.1, 0.15) is 46.2 Å². The summed E-state index contributed by atoms with van der Waals surface area (Å²) >= 11 is 0. The summed E-state index contributed by atoms with van der Waals surface area (Å²) in [6.07, 6.45) is -9.55. The number of piperidine rings is 1. The molecule has 2 aromatic carbocycles. The van der Waals surface area contributed by atoms with Crippen LogP contribution in [0.5, 0.6) is 5.75 Å². The maximum atomic E-state index is 13.5. The van der Waals surface area contributed by atoms with E-state index in [1.807, 2.05) is 11.9 Å². The van der Waals surface area contributed by atoms with Gasteiger partial charge in [-0.3, -0.25) is 9.59 Å². The minimum absolute atomic E-state index is 0.0974. The second-order valence-corrected chi connectivity index (χ2v) is 11.2. The SMILES string of the molecule is CN1CCC(N(OC(=O)C(F)(F)F)C(=O)c2ccc(-c3c(-c4cccc(OC(F)(F)F)c4)cc4n3C(CCO)CNC4=O)cc2)CC1. The summed E-state index contributed by atoms with van der Waals surface area (Å²) in [7, 11) is 1.81. The Bertz CT molecular complexity index is 1630. The third-order valence-electron chi connectivity index (χ3n) is 8.01. The number of aliphatic hydroxyl groups is 1. The number of hydrogen-bond acceptors (Lipinski definition) is 7. The Morgan fingerprint density at radius 2 is 1.68 bits per heavy atom. The summed E-state index contributed by atoms with van der Waals surface area (Å²) in [5.74, 6) is -4.46. The number of carbonyl (C=O) groups excluding carboxylic acids is 3. The number of fused-ring (bicyclic) bond motifs is 1. The van der Waals surface area contributed by atoms with Crippen LogP contribution in [-0.4, -0.2) is 89.3 Å². The fraction of sp³-hybridized carbons (Fsp3) is 0.387. The summed E-state index contributed by atoms with van der Waals surface area (Å²) in [6.45, 7) is 0.823. The maximum absolute atomic E-state index is 13.5. The second kappa shape index (κ2) is 13.3. The van der Waals surface area contributed by atoms with Crippen LogP contribution in [-0.2, 0) is 9.63 Å². The zero-order valence-electron chi connectivity index (χ0n) is 24.9. The predicted molar refractivity (Wildman–Crippen MR) is 154 cm³/mol. The number of aliphatic hydroxyl groups excluding tert-OH is 1. The number of halogens is 6. The lowest BCUT2D eigenvalue weighted by atomic mass is 9.99. The first-order valence-electron chi connectivity index (χ1n) is 14.6. The molecule has 252 valence electrons. The van der Waals surface area contributed by atoms with E-state index in [1.54, 1.807) is 4.57 Å². The normalized spacial score (nSPS) is 17.5. The lowest BCUT2D eigenvalue weighted by Gasteiger charge is -2.35. The third kappa shape index (κ3) is 7.54. The number of carbonyl (C=O) groups is 3. The van der Waals surface area contributed by atoms with E-state index in [4.69, 9.17) is 0 Å². The molecular weight excluding hydrogens is 638 g/mol. The maximum Gasteiger partial charge on any atom is 0.573 e. The highest BCUT2D eigenvalue weighted by Gasteiger charge is 2.45. The first kappa shape index (κ1) is 33.8. The lowest BCUT2D eigenvalue weighted by molar-refractivity contribution is -0.274. The Kier molecular flexibility index (Phi) is 9.54. The number of nitrogens with one attached hydrogen (secondary N) is 1. The zero-order chi connectivity index (χ0) is 34.1. The number of aromatic nitrogens is 1. The van der Waals surface area contributed by atoms with Gasteiger partial charge in [0.25, 0.3) is 11.8 Å². The fourth-order valence-corrected chi connectivity index (χ4v) is 5.78. The van der Waals surface area contributed by atoms with Crippen molar-refractivity contribution in [2.45, 2.75) is 43.9 Å². The molecule has 2 amide bonds. The molecule has 0 aliphatic carbocycles. The highest BCUT2D eigenvalue weighted by molar-refractivity contribution is 5.99. The van der Waals surface area contributed by atoms with Crippen molar-refractivity contribution in [2.24, 2.45) is 0 Å². The van der Waals surface area contributed by atoms with Crippen LogP contribution >= 0.6 is 0 Å². The Labute approximate surface area is 264 Å². The lowest BCUT2D eigenvalue weighted by Crippen LogP contribution is -2.49. The van der Waals surface area contributed by atoms with Crippen molar-refractivity contribution in [3.8, 4) is 28.1 Å². The summed E-state index contributed by atoms with van der Waals surface area (Å²) in [5.41, 5.74) is 1.48. The van der Waals surface area contributed by atoms with Crippen LogP contribution in [0.2, 0.25) is 0 Å². The van der Waals surface area contributed by atoms with Crippen molar-refractivity contribution in [1.29, 1.82) is 0 Å². The summed E-state index contributed by atoms with van der Waals surface area (Å²) in [4.78, 5) is 44.7. The molecule has 0 radical (unpaired) electrons.